The first-order valence-corrected chi connectivity index (χ1v) is 8.06. The van der Waals surface area contributed by atoms with Crippen LogP contribution in [0.3, 0.4) is 0 Å². The Bertz CT molecular complexity index is 487. The maximum atomic E-state index is 13.7. The van der Waals surface area contributed by atoms with Gasteiger partial charge in [0.25, 0.3) is 0 Å². The van der Waals surface area contributed by atoms with Crippen molar-refractivity contribution < 1.29 is 9.18 Å². The summed E-state index contributed by atoms with van der Waals surface area (Å²) >= 11 is 0. The maximum Gasteiger partial charge on any atom is 0.234 e. The van der Waals surface area contributed by atoms with Crippen molar-refractivity contribution in [1.82, 2.24) is 15.1 Å². The third kappa shape index (κ3) is 5.07. The number of nitrogens with zero attached hydrogens (tertiary/aromatic N) is 2. The lowest BCUT2D eigenvalue weighted by Crippen LogP contribution is -2.49. The van der Waals surface area contributed by atoms with Crippen LogP contribution < -0.4 is 5.32 Å². The number of rotatable bonds is 6. The van der Waals surface area contributed by atoms with Gasteiger partial charge in [-0.1, -0.05) is 25.1 Å². The average molecular weight is 307 g/mol. The van der Waals surface area contributed by atoms with E-state index in [2.05, 4.69) is 22.0 Å². The van der Waals surface area contributed by atoms with Crippen LogP contribution in [-0.4, -0.2) is 54.5 Å². The Kier molecular flexibility index (Phi) is 6.34. The SMILES string of the molecule is CCC(C)NC(=O)CN1CCN(Cc2ccccc2F)CC1. The highest BCUT2D eigenvalue weighted by atomic mass is 19.1. The smallest absolute Gasteiger partial charge is 0.234 e. The fourth-order valence-corrected chi connectivity index (χ4v) is 2.60. The summed E-state index contributed by atoms with van der Waals surface area (Å²) in [6, 6.07) is 7.15. The van der Waals surface area contributed by atoms with Crippen LogP contribution in [-0.2, 0) is 11.3 Å². The second-order valence-corrected chi connectivity index (χ2v) is 6.02. The molecule has 22 heavy (non-hydrogen) atoms. The summed E-state index contributed by atoms with van der Waals surface area (Å²) in [7, 11) is 0. The molecule has 4 nitrogen and oxygen atoms in total. The minimum absolute atomic E-state index is 0.0944. The van der Waals surface area contributed by atoms with Crippen LogP contribution in [0.2, 0.25) is 0 Å². The summed E-state index contributed by atoms with van der Waals surface area (Å²) in [4.78, 5) is 16.3. The zero-order valence-corrected chi connectivity index (χ0v) is 13.5. The number of amides is 1. The molecule has 1 aliphatic heterocycles. The summed E-state index contributed by atoms with van der Waals surface area (Å²) in [5.74, 6) is -0.0465. The van der Waals surface area contributed by atoms with E-state index in [-0.39, 0.29) is 17.8 Å². The van der Waals surface area contributed by atoms with Crippen molar-refractivity contribution in [2.24, 2.45) is 0 Å². The minimum atomic E-state index is -0.141. The van der Waals surface area contributed by atoms with E-state index in [9.17, 15) is 9.18 Å². The molecule has 5 heteroatoms. The fraction of sp³-hybridized carbons (Fsp3) is 0.588. The molecule has 1 aliphatic rings. The molecule has 2 rings (SSSR count). The van der Waals surface area contributed by atoms with E-state index in [4.69, 9.17) is 0 Å². The summed E-state index contributed by atoms with van der Waals surface area (Å²) in [5.41, 5.74) is 0.741. The Morgan fingerprint density at radius 2 is 1.86 bits per heavy atom. The summed E-state index contributed by atoms with van der Waals surface area (Å²) < 4.78 is 13.7. The van der Waals surface area contributed by atoms with E-state index in [1.807, 2.05) is 19.1 Å². The van der Waals surface area contributed by atoms with Gasteiger partial charge in [0, 0.05) is 44.3 Å². The standard InChI is InChI=1S/C17H26FN3O/c1-3-14(2)19-17(22)13-21-10-8-20(9-11-21)12-15-6-4-5-7-16(15)18/h4-7,14H,3,8-13H2,1-2H3,(H,19,22). The normalized spacial score (nSPS) is 18.1. The van der Waals surface area contributed by atoms with Gasteiger partial charge in [-0.05, 0) is 19.4 Å². The van der Waals surface area contributed by atoms with Crippen molar-refractivity contribution in [1.29, 1.82) is 0 Å². The number of benzene rings is 1. The molecule has 1 amide bonds. The maximum absolute atomic E-state index is 13.7. The highest BCUT2D eigenvalue weighted by Gasteiger charge is 2.20. The number of nitrogens with one attached hydrogen (secondary N) is 1. The Morgan fingerprint density at radius 1 is 1.23 bits per heavy atom. The van der Waals surface area contributed by atoms with Crippen molar-refractivity contribution >= 4 is 5.91 Å². The lowest BCUT2D eigenvalue weighted by Gasteiger charge is -2.34. The van der Waals surface area contributed by atoms with Crippen molar-refractivity contribution in [2.45, 2.75) is 32.9 Å². The van der Waals surface area contributed by atoms with Gasteiger partial charge in [0.15, 0.2) is 0 Å². The van der Waals surface area contributed by atoms with Gasteiger partial charge in [-0.15, -0.1) is 0 Å². The third-order valence-corrected chi connectivity index (χ3v) is 4.20. The molecule has 1 heterocycles. The molecule has 0 saturated carbocycles. The molecular weight excluding hydrogens is 281 g/mol. The summed E-state index contributed by atoms with van der Waals surface area (Å²) in [5, 5.41) is 2.99. The largest absolute Gasteiger partial charge is 0.353 e. The van der Waals surface area contributed by atoms with Gasteiger partial charge >= 0.3 is 0 Å². The van der Waals surface area contributed by atoms with E-state index in [1.54, 1.807) is 6.07 Å². The van der Waals surface area contributed by atoms with Gasteiger partial charge in [-0.25, -0.2) is 4.39 Å². The van der Waals surface area contributed by atoms with Gasteiger partial charge in [0.1, 0.15) is 5.82 Å². The number of hydrogen-bond acceptors (Lipinski definition) is 3. The number of halogens is 1. The van der Waals surface area contributed by atoms with Crippen LogP contribution in [0.1, 0.15) is 25.8 Å². The molecular formula is C17H26FN3O. The van der Waals surface area contributed by atoms with E-state index >= 15 is 0 Å². The topological polar surface area (TPSA) is 35.6 Å². The molecule has 1 saturated heterocycles. The molecule has 1 N–H and O–H groups in total. The van der Waals surface area contributed by atoms with Crippen LogP contribution in [0.4, 0.5) is 4.39 Å². The van der Waals surface area contributed by atoms with Crippen molar-refractivity contribution in [3.05, 3.63) is 35.6 Å². The average Bonchev–Trinajstić information content (AvgIpc) is 2.51. The third-order valence-electron chi connectivity index (χ3n) is 4.20. The van der Waals surface area contributed by atoms with Gasteiger partial charge in [0.2, 0.25) is 5.91 Å². The first-order valence-electron chi connectivity index (χ1n) is 8.06. The number of carbonyl (C=O) groups excluding carboxylic acids is 1. The molecule has 0 aromatic heterocycles. The highest BCUT2D eigenvalue weighted by Crippen LogP contribution is 2.11. The van der Waals surface area contributed by atoms with Crippen LogP contribution in [0.25, 0.3) is 0 Å². The molecule has 1 aromatic carbocycles. The molecule has 0 radical (unpaired) electrons. The lowest BCUT2D eigenvalue weighted by molar-refractivity contribution is -0.123. The van der Waals surface area contributed by atoms with E-state index in [1.165, 1.54) is 6.07 Å². The Labute approximate surface area is 132 Å². The second-order valence-electron chi connectivity index (χ2n) is 6.02. The molecule has 0 aliphatic carbocycles. The second kappa shape index (κ2) is 8.25. The van der Waals surface area contributed by atoms with Gasteiger partial charge < -0.3 is 5.32 Å². The minimum Gasteiger partial charge on any atom is -0.353 e. The molecule has 122 valence electrons. The van der Waals surface area contributed by atoms with Gasteiger partial charge in [-0.3, -0.25) is 14.6 Å². The van der Waals surface area contributed by atoms with E-state index in [0.29, 0.717) is 13.1 Å². The zero-order valence-electron chi connectivity index (χ0n) is 13.5. The van der Waals surface area contributed by atoms with E-state index < -0.39 is 0 Å². The predicted octanol–water partition coefficient (Wildman–Crippen LogP) is 1.86. The molecule has 1 aromatic rings. The predicted molar refractivity (Wildman–Crippen MR) is 86.0 cm³/mol. The van der Waals surface area contributed by atoms with E-state index in [0.717, 1.165) is 38.2 Å². The molecule has 1 fully saturated rings. The van der Waals surface area contributed by atoms with Gasteiger partial charge in [-0.2, -0.15) is 0 Å². The summed E-state index contributed by atoms with van der Waals surface area (Å²) in [6.45, 7) is 8.61. The Morgan fingerprint density at radius 3 is 2.50 bits per heavy atom. The van der Waals surface area contributed by atoms with Gasteiger partial charge in [0.05, 0.1) is 6.54 Å². The molecule has 1 atom stereocenters. The first-order chi connectivity index (χ1) is 10.6. The Hall–Kier alpha value is -1.46. The monoisotopic (exact) mass is 307 g/mol. The number of carbonyl (C=O) groups is 1. The first kappa shape index (κ1) is 16.9. The van der Waals surface area contributed by atoms with Crippen molar-refractivity contribution in [2.75, 3.05) is 32.7 Å². The molecule has 0 bridgehead atoms. The highest BCUT2D eigenvalue weighted by molar-refractivity contribution is 5.78. The van der Waals surface area contributed by atoms with Crippen LogP contribution >= 0.6 is 0 Å². The molecule has 1 unspecified atom stereocenters. The fourth-order valence-electron chi connectivity index (χ4n) is 2.60. The van der Waals surface area contributed by atoms with Crippen LogP contribution in [0.5, 0.6) is 0 Å². The van der Waals surface area contributed by atoms with Crippen LogP contribution in [0, 0.1) is 5.82 Å². The van der Waals surface area contributed by atoms with Crippen molar-refractivity contribution in [3.63, 3.8) is 0 Å². The molecule has 0 spiro atoms. The number of piperazine rings is 1. The zero-order chi connectivity index (χ0) is 15.9. The quantitative estimate of drug-likeness (QED) is 0.871. The summed E-state index contributed by atoms with van der Waals surface area (Å²) in [6.07, 6.45) is 0.947. The van der Waals surface area contributed by atoms with Crippen molar-refractivity contribution in [3.8, 4) is 0 Å². The number of hydrogen-bond donors (Lipinski definition) is 1. The lowest BCUT2D eigenvalue weighted by atomic mass is 10.2. The van der Waals surface area contributed by atoms with Crippen LogP contribution in [0.15, 0.2) is 24.3 Å². The Balaban J connectivity index is 1.74.